The molecule has 0 spiro atoms. The largest absolute Gasteiger partial charge is 0.491 e. The van der Waals surface area contributed by atoms with Gasteiger partial charge in [0.1, 0.15) is 5.75 Å². The Hall–Kier alpha value is -1.38. The quantitative estimate of drug-likeness (QED) is 0.742. The molecule has 0 aliphatic carbocycles. The Kier molecular flexibility index (Phi) is 5.77. The van der Waals surface area contributed by atoms with Gasteiger partial charge >= 0.3 is 0 Å². The molecule has 0 aliphatic rings. The Balaban J connectivity index is 2.05. The summed E-state index contributed by atoms with van der Waals surface area (Å²) in [6, 6.07) is 13.4. The van der Waals surface area contributed by atoms with Gasteiger partial charge < -0.3 is 10.1 Å². The van der Waals surface area contributed by atoms with Gasteiger partial charge in [-0.15, -0.1) is 0 Å². The van der Waals surface area contributed by atoms with Crippen molar-refractivity contribution in [2.75, 3.05) is 11.9 Å². The molecule has 0 atom stereocenters. The normalized spacial score (nSPS) is 10.7. The van der Waals surface area contributed by atoms with E-state index in [0.717, 1.165) is 17.0 Å². The molecular weight excluding hydrogens is 305 g/mol. The minimum absolute atomic E-state index is 0.490. The van der Waals surface area contributed by atoms with Crippen molar-refractivity contribution in [3.63, 3.8) is 0 Å². The van der Waals surface area contributed by atoms with Crippen LogP contribution < -0.4 is 10.1 Å². The molecule has 0 heterocycles. The molecule has 0 saturated carbocycles. The van der Waals surface area contributed by atoms with E-state index in [4.69, 9.17) is 27.9 Å². The summed E-state index contributed by atoms with van der Waals surface area (Å²) in [5.74, 6) is 1.35. The first-order valence-electron chi connectivity index (χ1n) is 6.96. The number of hydrogen-bond donors (Lipinski definition) is 1. The van der Waals surface area contributed by atoms with Crippen molar-refractivity contribution in [1.29, 1.82) is 0 Å². The molecule has 0 radical (unpaired) electrons. The SMILES string of the molecule is CC(C)COc1ccccc1NCc1ccc(Cl)cc1Cl. The van der Waals surface area contributed by atoms with Crippen molar-refractivity contribution in [3.05, 3.63) is 58.1 Å². The van der Waals surface area contributed by atoms with Gasteiger partial charge in [0.05, 0.1) is 12.3 Å². The maximum Gasteiger partial charge on any atom is 0.142 e. The van der Waals surface area contributed by atoms with Gasteiger partial charge in [-0.1, -0.05) is 55.2 Å². The number of benzene rings is 2. The molecule has 0 fully saturated rings. The summed E-state index contributed by atoms with van der Waals surface area (Å²) in [6.07, 6.45) is 0. The van der Waals surface area contributed by atoms with Crippen LogP contribution in [0.5, 0.6) is 5.75 Å². The Bertz CT molecular complexity index is 599. The second-order valence-electron chi connectivity index (χ2n) is 5.29. The fraction of sp³-hybridized carbons (Fsp3) is 0.294. The zero-order valence-corrected chi connectivity index (χ0v) is 13.7. The molecular formula is C17H19Cl2NO. The molecule has 2 nitrogen and oxygen atoms in total. The lowest BCUT2D eigenvalue weighted by atomic mass is 10.2. The van der Waals surface area contributed by atoms with E-state index in [-0.39, 0.29) is 0 Å². The summed E-state index contributed by atoms with van der Waals surface area (Å²) in [6.45, 7) is 5.57. The van der Waals surface area contributed by atoms with Crippen LogP contribution in [-0.2, 0) is 6.54 Å². The Morgan fingerprint density at radius 2 is 1.86 bits per heavy atom. The number of nitrogens with one attached hydrogen (secondary N) is 1. The number of hydrogen-bond acceptors (Lipinski definition) is 2. The lowest BCUT2D eigenvalue weighted by molar-refractivity contribution is 0.272. The third-order valence-electron chi connectivity index (χ3n) is 2.94. The van der Waals surface area contributed by atoms with E-state index < -0.39 is 0 Å². The van der Waals surface area contributed by atoms with Crippen LogP contribution in [-0.4, -0.2) is 6.61 Å². The number of rotatable bonds is 6. The lowest BCUT2D eigenvalue weighted by Gasteiger charge is -2.15. The third-order valence-corrected chi connectivity index (χ3v) is 3.53. The van der Waals surface area contributed by atoms with E-state index in [9.17, 15) is 0 Å². The van der Waals surface area contributed by atoms with Gasteiger partial charge in [0.15, 0.2) is 0 Å². The zero-order valence-electron chi connectivity index (χ0n) is 12.2. The van der Waals surface area contributed by atoms with Gasteiger partial charge in [-0.2, -0.15) is 0 Å². The Morgan fingerprint density at radius 1 is 1.10 bits per heavy atom. The van der Waals surface area contributed by atoms with Crippen LogP contribution in [0.1, 0.15) is 19.4 Å². The van der Waals surface area contributed by atoms with Crippen molar-refractivity contribution in [3.8, 4) is 5.75 Å². The molecule has 21 heavy (non-hydrogen) atoms. The van der Waals surface area contributed by atoms with Gasteiger partial charge in [0.2, 0.25) is 0 Å². The van der Waals surface area contributed by atoms with Crippen molar-refractivity contribution in [1.82, 2.24) is 0 Å². The summed E-state index contributed by atoms with van der Waals surface area (Å²) >= 11 is 12.1. The molecule has 0 aromatic heterocycles. The zero-order chi connectivity index (χ0) is 15.2. The molecule has 0 saturated heterocycles. The van der Waals surface area contributed by atoms with Crippen LogP contribution >= 0.6 is 23.2 Å². The van der Waals surface area contributed by atoms with E-state index in [0.29, 0.717) is 29.1 Å². The van der Waals surface area contributed by atoms with Gasteiger partial charge in [-0.25, -0.2) is 0 Å². The molecule has 0 bridgehead atoms. The average Bonchev–Trinajstić information content (AvgIpc) is 2.45. The summed E-state index contributed by atoms with van der Waals surface area (Å²) in [7, 11) is 0. The van der Waals surface area contributed by atoms with E-state index in [1.165, 1.54) is 0 Å². The standard InChI is InChI=1S/C17H19Cl2NO/c1-12(2)11-21-17-6-4-3-5-16(17)20-10-13-7-8-14(18)9-15(13)19/h3-9,12,20H,10-11H2,1-2H3. The second kappa shape index (κ2) is 7.58. The molecule has 112 valence electrons. The first-order chi connectivity index (χ1) is 10.1. The molecule has 2 rings (SSSR count). The number of halogens is 2. The summed E-state index contributed by atoms with van der Waals surface area (Å²) < 4.78 is 5.82. The van der Waals surface area contributed by atoms with E-state index in [1.54, 1.807) is 6.07 Å². The highest BCUT2D eigenvalue weighted by molar-refractivity contribution is 6.35. The molecule has 0 aliphatic heterocycles. The number of anilines is 1. The maximum absolute atomic E-state index is 6.18. The van der Waals surface area contributed by atoms with Crippen molar-refractivity contribution >= 4 is 28.9 Å². The summed E-state index contributed by atoms with van der Waals surface area (Å²) in [5, 5.41) is 4.67. The average molecular weight is 324 g/mol. The highest BCUT2D eigenvalue weighted by atomic mass is 35.5. The Labute approximate surface area is 136 Å². The smallest absolute Gasteiger partial charge is 0.142 e. The van der Waals surface area contributed by atoms with Crippen LogP contribution in [0.25, 0.3) is 0 Å². The molecule has 0 unspecified atom stereocenters. The van der Waals surface area contributed by atoms with Crippen molar-refractivity contribution in [2.45, 2.75) is 20.4 Å². The number of ether oxygens (including phenoxy) is 1. The lowest BCUT2D eigenvalue weighted by Crippen LogP contribution is -2.07. The third kappa shape index (κ3) is 4.83. The molecule has 4 heteroatoms. The van der Waals surface area contributed by atoms with Gasteiger partial charge in [-0.05, 0) is 35.7 Å². The maximum atomic E-state index is 6.18. The van der Waals surface area contributed by atoms with E-state index in [1.807, 2.05) is 36.4 Å². The second-order valence-corrected chi connectivity index (χ2v) is 6.13. The predicted octanol–water partition coefficient (Wildman–Crippen LogP) is 5.64. The van der Waals surface area contributed by atoms with E-state index in [2.05, 4.69) is 19.2 Å². The van der Waals surface area contributed by atoms with E-state index >= 15 is 0 Å². The van der Waals surface area contributed by atoms with Crippen molar-refractivity contribution in [2.24, 2.45) is 5.92 Å². The highest BCUT2D eigenvalue weighted by Gasteiger charge is 2.06. The Morgan fingerprint density at radius 3 is 2.57 bits per heavy atom. The topological polar surface area (TPSA) is 21.3 Å². The summed E-state index contributed by atoms with van der Waals surface area (Å²) in [5.41, 5.74) is 1.96. The van der Waals surface area contributed by atoms with Crippen LogP contribution in [0, 0.1) is 5.92 Å². The van der Waals surface area contributed by atoms with Crippen LogP contribution in [0.4, 0.5) is 5.69 Å². The predicted molar refractivity (Wildman–Crippen MR) is 90.6 cm³/mol. The van der Waals surface area contributed by atoms with Crippen LogP contribution in [0.2, 0.25) is 10.0 Å². The minimum Gasteiger partial charge on any atom is -0.491 e. The monoisotopic (exact) mass is 323 g/mol. The highest BCUT2D eigenvalue weighted by Crippen LogP contribution is 2.27. The fourth-order valence-corrected chi connectivity index (χ4v) is 2.33. The molecule has 0 amide bonds. The molecule has 1 N–H and O–H groups in total. The van der Waals surface area contributed by atoms with Crippen LogP contribution in [0.3, 0.4) is 0 Å². The van der Waals surface area contributed by atoms with Gasteiger partial charge in [-0.3, -0.25) is 0 Å². The molecule has 2 aromatic rings. The number of para-hydroxylation sites is 2. The first-order valence-corrected chi connectivity index (χ1v) is 7.71. The van der Waals surface area contributed by atoms with Gasteiger partial charge in [0, 0.05) is 16.6 Å². The first kappa shape index (κ1) is 16.0. The van der Waals surface area contributed by atoms with Crippen molar-refractivity contribution < 1.29 is 4.74 Å². The van der Waals surface area contributed by atoms with Crippen LogP contribution in [0.15, 0.2) is 42.5 Å². The minimum atomic E-state index is 0.490. The van der Waals surface area contributed by atoms with Gasteiger partial charge in [0.25, 0.3) is 0 Å². The summed E-state index contributed by atoms with van der Waals surface area (Å²) in [4.78, 5) is 0. The fourth-order valence-electron chi connectivity index (χ4n) is 1.85. The molecule has 2 aromatic carbocycles.